The van der Waals surface area contributed by atoms with Gasteiger partial charge in [0.25, 0.3) is 0 Å². The van der Waals surface area contributed by atoms with E-state index >= 15 is 0 Å². The Morgan fingerprint density at radius 2 is 1.47 bits per heavy atom. The largest absolute Gasteiger partial charge is 0.496 e. The first-order valence-corrected chi connectivity index (χ1v) is 16.0. The van der Waals surface area contributed by atoms with Gasteiger partial charge in [-0.25, -0.2) is 4.79 Å². The molecule has 2 aliphatic rings. The molecule has 5 rings (SSSR count). The second-order valence-electron chi connectivity index (χ2n) is 12.7. The van der Waals surface area contributed by atoms with Crippen LogP contribution in [0.2, 0.25) is 0 Å². The summed E-state index contributed by atoms with van der Waals surface area (Å²) in [5.74, 6) is -1.98. The summed E-state index contributed by atoms with van der Waals surface area (Å²) in [6.07, 6.45) is -9.64. The van der Waals surface area contributed by atoms with Crippen LogP contribution >= 0.6 is 0 Å². The van der Waals surface area contributed by atoms with E-state index in [2.05, 4.69) is 10.2 Å². The summed E-state index contributed by atoms with van der Waals surface area (Å²) >= 11 is 0. The number of benzene rings is 3. The fourth-order valence-corrected chi connectivity index (χ4v) is 6.99. The number of carboxylic acid groups (broad SMARTS) is 1. The van der Waals surface area contributed by atoms with Crippen molar-refractivity contribution in [3.05, 3.63) is 59.7 Å². The molecule has 3 aromatic carbocycles. The number of nitrogens with one attached hydrogen (secondary N) is 1. The average molecular weight is 696 g/mol. The van der Waals surface area contributed by atoms with Crippen LogP contribution in [0.15, 0.2) is 48.5 Å². The molecular formula is C35H39F6N3O5. The number of ether oxygens (including phenoxy) is 2. The molecule has 14 heteroatoms. The van der Waals surface area contributed by atoms with E-state index in [1.807, 2.05) is 24.3 Å². The van der Waals surface area contributed by atoms with E-state index in [-0.39, 0.29) is 6.42 Å². The lowest BCUT2D eigenvalue weighted by Gasteiger charge is -2.42. The van der Waals surface area contributed by atoms with Gasteiger partial charge in [-0.15, -0.1) is 0 Å². The lowest BCUT2D eigenvalue weighted by Crippen LogP contribution is -2.59. The number of likely N-dealkylation sites (tertiary alicyclic amines) is 2. The summed E-state index contributed by atoms with van der Waals surface area (Å²) in [6.45, 7) is 0.104. The zero-order valence-electron chi connectivity index (χ0n) is 27.2. The molecule has 2 aliphatic heterocycles. The number of aliphatic carboxylic acids is 1. The van der Waals surface area contributed by atoms with Gasteiger partial charge < -0.3 is 19.9 Å². The third-order valence-electron chi connectivity index (χ3n) is 9.57. The molecule has 2 fully saturated rings. The summed E-state index contributed by atoms with van der Waals surface area (Å²) in [5, 5.41) is 13.4. The van der Waals surface area contributed by atoms with Crippen molar-refractivity contribution in [3.8, 4) is 22.6 Å². The maximum absolute atomic E-state index is 14.4. The number of methoxy groups -OCH3 is 2. The Kier molecular flexibility index (Phi) is 10.7. The van der Waals surface area contributed by atoms with Crippen LogP contribution in [0.3, 0.4) is 0 Å². The quantitative estimate of drug-likeness (QED) is 0.223. The highest BCUT2D eigenvalue weighted by Crippen LogP contribution is 2.47. The fourth-order valence-electron chi connectivity index (χ4n) is 6.99. The molecule has 0 saturated carbocycles. The molecule has 0 spiro atoms. The molecule has 2 heterocycles. The number of carboxylic acids is 1. The van der Waals surface area contributed by atoms with Crippen LogP contribution in [0.5, 0.6) is 11.5 Å². The van der Waals surface area contributed by atoms with Crippen molar-refractivity contribution in [2.45, 2.75) is 57.0 Å². The first-order chi connectivity index (χ1) is 23.2. The summed E-state index contributed by atoms with van der Waals surface area (Å²) in [7, 11) is 3.12. The van der Waals surface area contributed by atoms with Crippen LogP contribution in [-0.4, -0.2) is 92.1 Å². The van der Waals surface area contributed by atoms with Gasteiger partial charge in [-0.2, -0.15) is 26.3 Å². The van der Waals surface area contributed by atoms with Crippen molar-refractivity contribution in [1.29, 1.82) is 0 Å². The van der Waals surface area contributed by atoms with E-state index in [0.29, 0.717) is 33.4 Å². The second-order valence-corrected chi connectivity index (χ2v) is 12.7. The molecule has 2 N–H and O–H groups in total. The number of amides is 1. The number of carbonyl (C=O) groups excluding carboxylic acids is 1. The Balaban J connectivity index is 1.44. The lowest BCUT2D eigenvalue weighted by atomic mass is 9.76. The van der Waals surface area contributed by atoms with E-state index in [1.165, 1.54) is 0 Å². The van der Waals surface area contributed by atoms with Crippen molar-refractivity contribution < 1.29 is 50.5 Å². The Morgan fingerprint density at radius 1 is 0.878 bits per heavy atom. The van der Waals surface area contributed by atoms with Gasteiger partial charge in [0.2, 0.25) is 5.91 Å². The monoisotopic (exact) mass is 695 g/mol. The predicted octanol–water partition coefficient (Wildman–Crippen LogP) is 6.44. The number of hydrogen-bond donors (Lipinski definition) is 2. The molecule has 0 radical (unpaired) electrons. The van der Waals surface area contributed by atoms with Gasteiger partial charge in [-0.3, -0.25) is 14.6 Å². The van der Waals surface area contributed by atoms with Crippen molar-refractivity contribution in [1.82, 2.24) is 15.1 Å². The molecule has 0 aromatic heterocycles. The van der Waals surface area contributed by atoms with E-state index in [0.717, 1.165) is 48.5 Å². The van der Waals surface area contributed by atoms with Crippen molar-refractivity contribution in [2.24, 2.45) is 5.41 Å². The number of hydrogen-bond acceptors (Lipinski definition) is 6. The minimum absolute atomic E-state index is 0.348. The normalized spacial score (nSPS) is 18.0. The number of nitrogens with zero attached hydrogens (tertiary/aromatic N) is 2. The highest BCUT2D eigenvalue weighted by atomic mass is 19.4. The van der Waals surface area contributed by atoms with E-state index < -0.39 is 68.2 Å². The van der Waals surface area contributed by atoms with Crippen molar-refractivity contribution in [2.75, 3.05) is 46.9 Å². The van der Waals surface area contributed by atoms with Crippen molar-refractivity contribution >= 4 is 22.6 Å². The van der Waals surface area contributed by atoms with Gasteiger partial charge in [-0.05, 0) is 91.5 Å². The predicted molar refractivity (Wildman–Crippen MR) is 170 cm³/mol. The van der Waals surface area contributed by atoms with Crippen LogP contribution in [0.1, 0.15) is 36.8 Å². The molecular weight excluding hydrogens is 656 g/mol. The fraction of sp³-hybridized carbons (Fsp3) is 0.486. The molecule has 1 amide bonds. The minimum atomic E-state index is -5.11. The topological polar surface area (TPSA) is 91.3 Å². The number of rotatable bonds is 11. The van der Waals surface area contributed by atoms with Crippen LogP contribution in [0.25, 0.3) is 21.9 Å². The molecule has 0 bridgehead atoms. The summed E-state index contributed by atoms with van der Waals surface area (Å²) in [5.41, 5.74) is -0.161. The standard InChI is InChI=1S/C35H39F6N3O5/c1-48-28-17-22(20-43-13-3-4-14-43)18-29(49-2)30(28)26-10-6-8-24-23(7-5-9-25(24)26)19-27(31(45)46)42-32(47)33(35(39,40)41)11-15-44(16-12-33)21-34(36,37)38/h5-10,17-18,27H,3-4,11-16,19-21H2,1-2H3,(H,42,47)(H,45,46)/t27-/m0/s1. The van der Waals surface area contributed by atoms with Crippen LogP contribution in [0.4, 0.5) is 26.3 Å². The zero-order valence-corrected chi connectivity index (χ0v) is 27.2. The van der Waals surface area contributed by atoms with E-state index in [4.69, 9.17) is 9.47 Å². The van der Waals surface area contributed by atoms with Gasteiger partial charge >= 0.3 is 18.3 Å². The zero-order chi connectivity index (χ0) is 35.6. The van der Waals surface area contributed by atoms with Crippen LogP contribution < -0.4 is 14.8 Å². The maximum atomic E-state index is 14.4. The van der Waals surface area contributed by atoms with Gasteiger partial charge in [-0.1, -0.05) is 36.4 Å². The highest BCUT2D eigenvalue weighted by Gasteiger charge is 2.61. The third kappa shape index (κ3) is 7.90. The highest BCUT2D eigenvalue weighted by molar-refractivity contribution is 6.01. The van der Waals surface area contributed by atoms with Crippen LogP contribution in [0, 0.1) is 5.41 Å². The Labute approximate surface area is 279 Å². The van der Waals surface area contributed by atoms with Crippen LogP contribution in [-0.2, 0) is 22.6 Å². The van der Waals surface area contributed by atoms with Crippen molar-refractivity contribution in [3.63, 3.8) is 0 Å². The molecule has 0 unspecified atom stereocenters. The van der Waals surface area contributed by atoms with Gasteiger partial charge in [0.05, 0.1) is 26.3 Å². The Bertz CT molecular complexity index is 1640. The van der Waals surface area contributed by atoms with Gasteiger partial charge in [0.15, 0.2) is 0 Å². The maximum Gasteiger partial charge on any atom is 0.403 e. The number of halogens is 6. The summed E-state index contributed by atoms with van der Waals surface area (Å²) in [6, 6.07) is 12.7. The molecule has 3 aromatic rings. The molecule has 266 valence electrons. The smallest absolute Gasteiger partial charge is 0.403 e. The van der Waals surface area contributed by atoms with E-state index in [9.17, 15) is 41.0 Å². The summed E-state index contributed by atoms with van der Waals surface area (Å²) < 4.78 is 93.4. The molecule has 0 aliphatic carbocycles. The number of piperidine rings is 1. The second kappa shape index (κ2) is 14.4. The lowest BCUT2D eigenvalue weighted by molar-refractivity contribution is -0.236. The number of alkyl halides is 6. The minimum Gasteiger partial charge on any atom is -0.496 e. The van der Waals surface area contributed by atoms with Gasteiger partial charge in [0, 0.05) is 13.0 Å². The Morgan fingerprint density at radius 3 is 2.02 bits per heavy atom. The van der Waals surface area contributed by atoms with E-state index in [1.54, 1.807) is 38.5 Å². The number of carbonyl (C=O) groups is 2. The first-order valence-electron chi connectivity index (χ1n) is 16.0. The summed E-state index contributed by atoms with van der Waals surface area (Å²) in [4.78, 5) is 28.8. The molecule has 8 nitrogen and oxygen atoms in total. The Hall–Kier alpha value is -4.04. The SMILES string of the molecule is COc1cc(CN2CCCC2)cc(OC)c1-c1cccc2c(C[C@H](NC(=O)C3(C(F)(F)F)CCN(CC(F)(F)F)CC3)C(=O)O)cccc12. The molecule has 49 heavy (non-hydrogen) atoms. The van der Waals surface area contributed by atoms with Gasteiger partial charge in [0.1, 0.15) is 23.0 Å². The third-order valence-corrected chi connectivity index (χ3v) is 9.57. The first kappa shape index (κ1) is 36.2. The number of fused-ring (bicyclic) bond motifs is 1. The molecule has 1 atom stereocenters. The molecule has 2 saturated heterocycles. The average Bonchev–Trinajstić information content (AvgIpc) is 3.56.